The minimum Gasteiger partial charge on any atom is -0.496 e. The Balaban J connectivity index is 1.84. The van der Waals surface area contributed by atoms with Gasteiger partial charge in [-0.05, 0) is 47.4 Å². The van der Waals surface area contributed by atoms with Crippen molar-refractivity contribution in [1.82, 2.24) is 9.88 Å². The van der Waals surface area contributed by atoms with E-state index in [1.807, 2.05) is 23.9 Å². The lowest BCUT2D eigenvalue weighted by Gasteiger charge is -2.15. The number of benzene rings is 2. The number of hydrogen-bond acceptors (Lipinski definition) is 4. The largest absolute Gasteiger partial charge is 0.496 e. The third-order valence-corrected chi connectivity index (χ3v) is 5.61. The summed E-state index contributed by atoms with van der Waals surface area (Å²) in [5, 5.41) is 3.44. The predicted octanol–water partition coefficient (Wildman–Crippen LogP) is 4.88. The molecule has 1 N–H and O–H groups in total. The lowest BCUT2D eigenvalue weighted by molar-refractivity contribution is -0.142. The normalized spacial score (nSPS) is 12.4. The first-order chi connectivity index (χ1) is 16.0. The fourth-order valence-corrected chi connectivity index (χ4v) is 3.93. The Morgan fingerprint density at radius 2 is 1.76 bits per heavy atom. The number of nitrogens with zero attached hydrogens (tertiary/aromatic N) is 1. The summed E-state index contributed by atoms with van der Waals surface area (Å²) in [6, 6.07) is 10.3. The third-order valence-electron chi connectivity index (χ3n) is 5.61. The molecule has 1 aromatic heterocycles. The predicted molar refractivity (Wildman–Crippen MR) is 122 cm³/mol. The molecule has 2 aromatic carbocycles. The molecule has 0 spiro atoms. The molecule has 1 heterocycles. The first-order valence-electron chi connectivity index (χ1n) is 10.7. The Morgan fingerprint density at radius 3 is 2.41 bits per heavy atom. The zero-order valence-corrected chi connectivity index (χ0v) is 19.5. The van der Waals surface area contributed by atoms with Crippen molar-refractivity contribution in [2.45, 2.75) is 25.9 Å². The molecule has 3 aromatic rings. The summed E-state index contributed by atoms with van der Waals surface area (Å²) in [7, 11) is 4.72. The zero-order chi connectivity index (χ0) is 25.0. The summed E-state index contributed by atoms with van der Waals surface area (Å²) in [4.78, 5) is 24.4. The van der Waals surface area contributed by atoms with Crippen molar-refractivity contribution in [2.75, 3.05) is 20.8 Å². The van der Waals surface area contributed by atoms with Crippen LogP contribution in [0.25, 0.3) is 10.9 Å². The maximum Gasteiger partial charge on any atom is 0.389 e. The van der Waals surface area contributed by atoms with Crippen LogP contribution in [0.3, 0.4) is 0 Å². The van der Waals surface area contributed by atoms with E-state index in [1.165, 1.54) is 21.1 Å². The van der Waals surface area contributed by atoms with Crippen molar-refractivity contribution in [2.24, 2.45) is 13.0 Å². The van der Waals surface area contributed by atoms with Gasteiger partial charge >= 0.3 is 12.1 Å². The number of nitrogens with one attached hydrogen (secondary N) is 1. The van der Waals surface area contributed by atoms with Crippen LogP contribution in [0.1, 0.15) is 45.2 Å². The van der Waals surface area contributed by atoms with Gasteiger partial charge in [0.1, 0.15) is 5.75 Å². The highest BCUT2D eigenvalue weighted by molar-refractivity contribution is 5.99. The van der Waals surface area contributed by atoms with E-state index in [0.29, 0.717) is 23.3 Å². The smallest absolute Gasteiger partial charge is 0.389 e. The standard InChI is InChI=1S/C25H27F3N2O4/c1-15(12-25(26,27)28)13-29-23(31)17-7-8-21-20(10-17)19(14-30(21)2)9-16-5-6-18(24(32)34-4)11-22(16)33-3/h5-8,10-11,14-15H,9,12-13H2,1-4H3,(H,29,31). The molecule has 0 aliphatic heterocycles. The Hall–Kier alpha value is -3.49. The van der Waals surface area contributed by atoms with Crippen LogP contribution in [0.4, 0.5) is 13.2 Å². The molecule has 0 saturated carbocycles. The van der Waals surface area contributed by atoms with Crippen molar-refractivity contribution in [3.05, 3.63) is 64.8 Å². The number of hydrogen-bond donors (Lipinski definition) is 1. The number of rotatable bonds is 8. The molecule has 0 bridgehead atoms. The van der Waals surface area contributed by atoms with E-state index in [1.54, 1.807) is 30.3 Å². The number of carbonyl (C=O) groups excluding carboxylic acids is 2. The highest BCUT2D eigenvalue weighted by Gasteiger charge is 2.30. The highest BCUT2D eigenvalue weighted by Crippen LogP contribution is 2.29. The van der Waals surface area contributed by atoms with Gasteiger partial charge in [-0.15, -0.1) is 0 Å². The maximum absolute atomic E-state index is 12.6. The SMILES string of the molecule is COC(=O)c1ccc(Cc2cn(C)c3ccc(C(=O)NCC(C)CC(F)(F)F)cc23)c(OC)c1. The Bertz CT molecular complexity index is 1200. The molecule has 0 fully saturated rings. The van der Waals surface area contributed by atoms with Crippen LogP contribution < -0.4 is 10.1 Å². The van der Waals surface area contributed by atoms with E-state index < -0.39 is 30.4 Å². The van der Waals surface area contributed by atoms with E-state index >= 15 is 0 Å². The van der Waals surface area contributed by atoms with Gasteiger partial charge in [-0.25, -0.2) is 4.79 Å². The molecular formula is C25H27F3N2O4. The van der Waals surface area contributed by atoms with Crippen LogP contribution in [-0.4, -0.2) is 43.4 Å². The second-order valence-electron chi connectivity index (χ2n) is 8.33. The zero-order valence-electron chi connectivity index (χ0n) is 19.5. The molecule has 0 aliphatic rings. The lowest BCUT2D eigenvalue weighted by atomic mass is 10.0. The van der Waals surface area contributed by atoms with Gasteiger partial charge in [-0.2, -0.15) is 13.2 Å². The van der Waals surface area contributed by atoms with Crippen LogP contribution in [-0.2, 0) is 18.2 Å². The summed E-state index contributed by atoms with van der Waals surface area (Å²) in [5.41, 5.74) is 3.43. The van der Waals surface area contributed by atoms with E-state index in [4.69, 9.17) is 9.47 Å². The average molecular weight is 476 g/mol. The van der Waals surface area contributed by atoms with Crippen LogP contribution in [0.5, 0.6) is 5.75 Å². The van der Waals surface area contributed by atoms with E-state index in [0.717, 1.165) is 22.0 Å². The number of alkyl halides is 3. The van der Waals surface area contributed by atoms with Crippen LogP contribution in [0, 0.1) is 5.92 Å². The summed E-state index contributed by atoms with van der Waals surface area (Å²) in [6.45, 7) is 1.38. The van der Waals surface area contributed by atoms with Crippen molar-refractivity contribution in [3.63, 3.8) is 0 Å². The van der Waals surface area contributed by atoms with Crippen molar-refractivity contribution < 1.29 is 32.2 Å². The molecule has 0 aliphatic carbocycles. The summed E-state index contributed by atoms with van der Waals surface area (Å²) in [5.74, 6) is -1.08. The second-order valence-corrected chi connectivity index (χ2v) is 8.33. The minimum atomic E-state index is -4.27. The van der Waals surface area contributed by atoms with E-state index in [-0.39, 0.29) is 6.54 Å². The van der Waals surface area contributed by atoms with Crippen molar-refractivity contribution in [1.29, 1.82) is 0 Å². The second kappa shape index (κ2) is 10.2. The van der Waals surface area contributed by atoms with Gasteiger partial charge in [0.25, 0.3) is 5.91 Å². The van der Waals surface area contributed by atoms with Gasteiger partial charge in [-0.3, -0.25) is 4.79 Å². The number of ether oxygens (including phenoxy) is 2. The summed E-state index contributed by atoms with van der Waals surface area (Å²) < 4.78 is 49.8. The Labute approximate surface area is 195 Å². The number of halogens is 3. The molecule has 6 nitrogen and oxygen atoms in total. The fraction of sp³-hybridized carbons (Fsp3) is 0.360. The van der Waals surface area contributed by atoms with Gasteiger partial charge in [0.15, 0.2) is 0 Å². The van der Waals surface area contributed by atoms with E-state index in [9.17, 15) is 22.8 Å². The van der Waals surface area contributed by atoms with Gasteiger partial charge in [0.2, 0.25) is 0 Å². The number of methoxy groups -OCH3 is 2. The molecule has 1 unspecified atom stereocenters. The van der Waals surface area contributed by atoms with Crippen LogP contribution in [0.15, 0.2) is 42.6 Å². The number of fused-ring (bicyclic) bond motifs is 1. The molecule has 1 atom stereocenters. The average Bonchev–Trinajstić information content (AvgIpc) is 3.10. The maximum atomic E-state index is 12.6. The number of carbonyl (C=O) groups is 2. The van der Waals surface area contributed by atoms with Crippen molar-refractivity contribution in [3.8, 4) is 5.75 Å². The first kappa shape index (κ1) is 25.1. The molecule has 182 valence electrons. The number of aromatic nitrogens is 1. The molecule has 0 saturated heterocycles. The Kier molecular flexibility index (Phi) is 7.54. The monoisotopic (exact) mass is 476 g/mol. The lowest BCUT2D eigenvalue weighted by Crippen LogP contribution is -2.30. The number of aryl methyl sites for hydroxylation is 1. The molecule has 1 amide bonds. The fourth-order valence-electron chi connectivity index (χ4n) is 3.93. The molecule has 0 radical (unpaired) electrons. The minimum absolute atomic E-state index is 0.0677. The molecule has 9 heteroatoms. The first-order valence-corrected chi connectivity index (χ1v) is 10.7. The highest BCUT2D eigenvalue weighted by atomic mass is 19.4. The number of esters is 1. The topological polar surface area (TPSA) is 69.6 Å². The Morgan fingerprint density at radius 1 is 1.06 bits per heavy atom. The molecule has 34 heavy (non-hydrogen) atoms. The van der Waals surface area contributed by atoms with Gasteiger partial charge in [-0.1, -0.05) is 13.0 Å². The van der Waals surface area contributed by atoms with Gasteiger partial charge < -0.3 is 19.4 Å². The third kappa shape index (κ3) is 5.89. The van der Waals surface area contributed by atoms with Crippen LogP contribution >= 0.6 is 0 Å². The van der Waals surface area contributed by atoms with Crippen molar-refractivity contribution >= 4 is 22.8 Å². The quantitative estimate of drug-likeness (QED) is 0.471. The summed E-state index contributed by atoms with van der Waals surface area (Å²) >= 11 is 0. The van der Waals surface area contributed by atoms with Gasteiger partial charge in [0, 0.05) is 49.1 Å². The van der Waals surface area contributed by atoms with E-state index in [2.05, 4.69) is 5.32 Å². The van der Waals surface area contributed by atoms with Gasteiger partial charge in [0.05, 0.1) is 19.8 Å². The molecule has 3 rings (SSSR count). The van der Waals surface area contributed by atoms with Crippen LogP contribution in [0.2, 0.25) is 0 Å². The molecular weight excluding hydrogens is 449 g/mol. The summed E-state index contributed by atoms with van der Waals surface area (Å²) in [6.07, 6.45) is -2.79. The number of amides is 1.